The summed E-state index contributed by atoms with van der Waals surface area (Å²) >= 11 is 0. The number of nitrogens with one attached hydrogen (secondary N) is 1. The lowest BCUT2D eigenvalue weighted by molar-refractivity contribution is 0.352. The lowest BCUT2D eigenvalue weighted by atomic mass is 10.1. The number of hydrogen-bond donors (Lipinski definition) is 1. The number of fused-ring (bicyclic) bond motifs is 1. The summed E-state index contributed by atoms with van der Waals surface area (Å²) in [5.41, 5.74) is 3.28. The molecule has 4 heteroatoms. The number of likely N-dealkylation sites (tertiary alicyclic amines) is 1. The van der Waals surface area contributed by atoms with E-state index in [0.717, 1.165) is 41.2 Å². The van der Waals surface area contributed by atoms with E-state index in [0.29, 0.717) is 0 Å². The van der Waals surface area contributed by atoms with Crippen LogP contribution in [0.1, 0.15) is 18.4 Å². The van der Waals surface area contributed by atoms with Crippen LogP contribution in [0.3, 0.4) is 0 Å². The molecule has 1 fully saturated rings. The van der Waals surface area contributed by atoms with Crippen molar-refractivity contribution in [1.29, 1.82) is 0 Å². The molecule has 4 rings (SSSR count). The van der Waals surface area contributed by atoms with E-state index in [1.807, 2.05) is 12.1 Å². The number of benzene rings is 2. The number of aryl methyl sites for hydroxylation is 1. The number of hydrogen-bond acceptors (Lipinski definition) is 4. The predicted molar refractivity (Wildman–Crippen MR) is 104 cm³/mol. The first kappa shape index (κ1) is 16.0. The Labute approximate surface area is 148 Å². The van der Waals surface area contributed by atoms with Crippen LogP contribution in [0.15, 0.2) is 48.5 Å². The summed E-state index contributed by atoms with van der Waals surface area (Å²) < 4.78 is 0. The van der Waals surface area contributed by atoms with Crippen LogP contribution in [0, 0.1) is 6.92 Å². The van der Waals surface area contributed by atoms with E-state index < -0.39 is 0 Å². The van der Waals surface area contributed by atoms with E-state index in [4.69, 9.17) is 9.97 Å². The van der Waals surface area contributed by atoms with E-state index in [-0.39, 0.29) is 0 Å². The Kier molecular flexibility index (Phi) is 4.61. The first-order valence-electron chi connectivity index (χ1n) is 9.10. The molecule has 2 aromatic carbocycles. The van der Waals surface area contributed by atoms with Gasteiger partial charge in [0.1, 0.15) is 5.82 Å². The van der Waals surface area contributed by atoms with Gasteiger partial charge in [-0.2, -0.15) is 0 Å². The molecule has 0 aliphatic carbocycles. The van der Waals surface area contributed by atoms with Crippen LogP contribution in [0.2, 0.25) is 0 Å². The van der Waals surface area contributed by atoms with E-state index in [2.05, 4.69) is 53.5 Å². The van der Waals surface area contributed by atoms with E-state index >= 15 is 0 Å². The second kappa shape index (κ2) is 7.19. The summed E-state index contributed by atoms with van der Waals surface area (Å²) in [5, 5.41) is 4.63. The first-order valence-corrected chi connectivity index (χ1v) is 9.10. The Morgan fingerprint density at radius 1 is 0.960 bits per heavy atom. The van der Waals surface area contributed by atoms with Crippen LogP contribution >= 0.6 is 0 Å². The molecule has 25 heavy (non-hydrogen) atoms. The third-order valence-electron chi connectivity index (χ3n) is 4.83. The van der Waals surface area contributed by atoms with Crippen LogP contribution in [0.5, 0.6) is 0 Å². The molecule has 0 bridgehead atoms. The molecule has 0 atom stereocenters. The molecule has 1 aliphatic rings. The largest absolute Gasteiger partial charge is 0.368 e. The molecule has 1 aliphatic heterocycles. The van der Waals surface area contributed by atoms with Crippen LogP contribution in [0.4, 0.5) is 5.82 Å². The molecule has 0 saturated carbocycles. The van der Waals surface area contributed by atoms with E-state index in [1.54, 1.807) is 0 Å². The molecule has 128 valence electrons. The second-order valence-electron chi connectivity index (χ2n) is 6.75. The minimum absolute atomic E-state index is 0.780. The normalized spacial score (nSPS) is 14.9. The average Bonchev–Trinajstić information content (AvgIpc) is 3.15. The third-order valence-corrected chi connectivity index (χ3v) is 4.83. The predicted octanol–water partition coefficient (Wildman–Crippen LogP) is 4.11. The Morgan fingerprint density at radius 2 is 1.72 bits per heavy atom. The quantitative estimate of drug-likeness (QED) is 0.763. The van der Waals surface area contributed by atoms with Gasteiger partial charge in [0.2, 0.25) is 0 Å². The van der Waals surface area contributed by atoms with Gasteiger partial charge in [0, 0.05) is 24.0 Å². The molecule has 3 aromatic rings. The van der Waals surface area contributed by atoms with Crippen LogP contribution in [-0.2, 0) is 0 Å². The van der Waals surface area contributed by atoms with Crippen LogP contribution in [-0.4, -0.2) is 41.0 Å². The Balaban J connectivity index is 1.62. The topological polar surface area (TPSA) is 41.1 Å². The SMILES string of the molecule is Cc1ccc(-c2nc(NCCN3CCCC3)c3ccccc3n2)cc1. The maximum absolute atomic E-state index is 4.82. The fraction of sp³-hybridized carbons (Fsp3) is 0.333. The molecule has 0 unspecified atom stereocenters. The lowest BCUT2D eigenvalue weighted by Crippen LogP contribution is -2.26. The molecule has 2 heterocycles. The molecule has 1 saturated heterocycles. The Bertz CT molecular complexity index is 851. The minimum atomic E-state index is 0.780. The number of rotatable bonds is 5. The molecule has 4 nitrogen and oxygen atoms in total. The van der Waals surface area contributed by atoms with Gasteiger partial charge in [-0.3, -0.25) is 0 Å². The molecule has 1 N–H and O–H groups in total. The number of anilines is 1. The van der Waals surface area contributed by atoms with Crippen molar-refractivity contribution < 1.29 is 0 Å². The first-order chi connectivity index (χ1) is 12.3. The monoisotopic (exact) mass is 332 g/mol. The maximum Gasteiger partial charge on any atom is 0.162 e. The fourth-order valence-corrected chi connectivity index (χ4v) is 3.38. The molecule has 0 amide bonds. The van der Waals surface area contributed by atoms with Crippen molar-refractivity contribution in [3.05, 3.63) is 54.1 Å². The highest BCUT2D eigenvalue weighted by Gasteiger charge is 2.12. The third kappa shape index (κ3) is 3.64. The summed E-state index contributed by atoms with van der Waals surface area (Å²) in [4.78, 5) is 12.1. The van der Waals surface area contributed by atoms with Crippen LogP contribution < -0.4 is 5.32 Å². The zero-order valence-electron chi connectivity index (χ0n) is 14.7. The van der Waals surface area contributed by atoms with E-state index in [9.17, 15) is 0 Å². The average molecular weight is 332 g/mol. The van der Waals surface area contributed by atoms with Gasteiger partial charge in [0.15, 0.2) is 5.82 Å². The second-order valence-corrected chi connectivity index (χ2v) is 6.75. The number of aromatic nitrogens is 2. The van der Waals surface area contributed by atoms with Crippen LogP contribution in [0.25, 0.3) is 22.3 Å². The van der Waals surface area contributed by atoms with Crippen molar-refractivity contribution in [2.75, 3.05) is 31.5 Å². The summed E-state index contributed by atoms with van der Waals surface area (Å²) in [6.45, 7) is 6.52. The van der Waals surface area contributed by atoms with Gasteiger partial charge in [-0.05, 0) is 45.0 Å². The summed E-state index contributed by atoms with van der Waals surface area (Å²) in [6.07, 6.45) is 2.65. The van der Waals surface area contributed by atoms with Crippen molar-refractivity contribution in [2.24, 2.45) is 0 Å². The van der Waals surface area contributed by atoms with Gasteiger partial charge in [0.05, 0.1) is 5.52 Å². The van der Waals surface area contributed by atoms with Crippen molar-refractivity contribution in [2.45, 2.75) is 19.8 Å². The van der Waals surface area contributed by atoms with Gasteiger partial charge < -0.3 is 10.2 Å². The highest BCUT2D eigenvalue weighted by atomic mass is 15.2. The summed E-state index contributed by atoms with van der Waals surface area (Å²) in [5.74, 6) is 1.71. The number of nitrogens with zero attached hydrogens (tertiary/aromatic N) is 3. The zero-order chi connectivity index (χ0) is 17.1. The maximum atomic E-state index is 4.82. The smallest absolute Gasteiger partial charge is 0.162 e. The highest BCUT2D eigenvalue weighted by Crippen LogP contribution is 2.25. The lowest BCUT2D eigenvalue weighted by Gasteiger charge is -2.16. The molecule has 1 aromatic heterocycles. The highest BCUT2D eigenvalue weighted by molar-refractivity contribution is 5.90. The summed E-state index contributed by atoms with van der Waals surface area (Å²) in [6, 6.07) is 16.6. The van der Waals surface area contributed by atoms with Crippen molar-refractivity contribution in [1.82, 2.24) is 14.9 Å². The molecular weight excluding hydrogens is 308 g/mol. The van der Waals surface area contributed by atoms with Gasteiger partial charge in [-0.1, -0.05) is 42.0 Å². The standard InChI is InChI=1S/C21H24N4/c1-16-8-10-17(11-9-16)20-23-19-7-3-2-6-18(19)21(24-20)22-12-15-25-13-4-5-14-25/h2-3,6-11H,4-5,12-15H2,1H3,(H,22,23,24). The molecule has 0 spiro atoms. The van der Waals surface area contributed by atoms with Crippen molar-refractivity contribution in [3.8, 4) is 11.4 Å². The Morgan fingerprint density at radius 3 is 2.52 bits per heavy atom. The zero-order valence-corrected chi connectivity index (χ0v) is 14.7. The van der Waals surface area contributed by atoms with Gasteiger partial charge in [0.25, 0.3) is 0 Å². The van der Waals surface area contributed by atoms with E-state index in [1.165, 1.54) is 31.5 Å². The van der Waals surface area contributed by atoms with Crippen molar-refractivity contribution >= 4 is 16.7 Å². The van der Waals surface area contributed by atoms with Crippen molar-refractivity contribution in [3.63, 3.8) is 0 Å². The van der Waals surface area contributed by atoms with Gasteiger partial charge in [-0.15, -0.1) is 0 Å². The summed E-state index contributed by atoms with van der Waals surface area (Å²) in [7, 11) is 0. The molecular formula is C21H24N4. The Hall–Kier alpha value is -2.46. The molecule has 0 radical (unpaired) electrons. The van der Waals surface area contributed by atoms with Gasteiger partial charge in [-0.25, -0.2) is 9.97 Å². The fourth-order valence-electron chi connectivity index (χ4n) is 3.38. The minimum Gasteiger partial charge on any atom is -0.368 e. The number of para-hydroxylation sites is 1. The van der Waals surface area contributed by atoms with Gasteiger partial charge >= 0.3 is 0 Å².